The molecule has 1 saturated heterocycles. The highest BCUT2D eigenvalue weighted by molar-refractivity contribution is 6.32. The summed E-state index contributed by atoms with van der Waals surface area (Å²) in [5.41, 5.74) is 0.541. The molecule has 1 aliphatic heterocycles. The average Bonchev–Trinajstić information content (AvgIpc) is 2.40. The van der Waals surface area contributed by atoms with Gasteiger partial charge in [0.15, 0.2) is 0 Å². The van der Waals surface area contributed by atoms with Crippen molar-refractivity contribution < 1.29 is 9.53 Å². The van der Waals surface area contributed by atoms with Crippen LogP contribution in [0.25, 0.3) is 0 Å². The lowest BCUT2D eigenvalue weighted by Gasteiger charge is -2.24. The van der Waals surface area contributed by atoms with Gasteiger partial charge in [0.05, 0.1) is 12.2 Å². The van der Waals surface area contributed by atoms with E-state index in [1.54, 1.807) is 12.3 Å². The number of ether oxygens (including phenoxy) is 1. The van der Waals surface area contributed by atoms with E-state index in [0.717, 1.165) is 25.9 Å². The van der Waals surface area contributed by atoms with Crippen molar-refractivity contribution in [2.24, 2.45) is 0 Å². The van der Waals surface area contributed by atoms with Gasteiger partial charge in [0.2, 0.25) is 5.88 Å². The molecule has 5 heteroatoms. The fourth-order valence-electron chi connectivity index (χ4n) is 2.42. The average molecular weight is 297 g/mol. The number of likely N-dealkylation sites (tertiary alicyclic amines) is 1. The molecule has 2 heterocycles. The first-order valence-electron chi connectivity index (χ1n) is 7.30. The Morgan fingerprint density at radius 3 is 2.55 bits per heavy atom. The van der Waals surface area contributed by atoms with Crippen molar-refractivity contribution in [3.63, 3.8) is 0 Å². The molecule has 1 aromatic rings. The maximum Gasteiger partial charge on any atom is 0.255 e. The molecule has 0 saturated carbocycles. The van der Waals surface area contributed by atoms with Crippen molar-refractivity contribution in [2.45, 2.75) is 39.0 Å². The van der Waals surface area contributed by atoms with Crippen LogP contribution >= 0.6 is 11.6 Å². The summed E-state index contributed by atoms with van der Waals surface area (Å²) in [4.78, 5) is 18.5. The SMILES string of the molecule is CCOc1ncc(C(=O)N2CCCCCCC2)cc1Cl. The summed E-state index contributed by atoms with van der Waals surface area (Å²) < 4.78 is 5.29. The molecular weight excluding hydrogens is 276 g/mol. The van der Waals surface area contributed by atoms with E-state index in [9.17, 15) is 4.79 Å². The van der Waals surface area contributed by atoms with Gasteiger partial charge < -0.3 is 9.64 Å². The zero-order valence-corrected chi connectivity index (χ0v) is 12.7. The van der Waals surface area contributed by atoms with Gasteiger partial charge in [0.1, 0.15) is 5.02 Å². The van der Waals surface area contributed by atoms with E-state index in [1.165, 1.54) is 19.3 Å². The number of hydrogen-bond acceptors (Lipinski definition) is 3. The monoisotopic (exact) mass is 296 g/mol. The van der Waals surface area contributed by atoms with Gasteiger partial charge in [0, 0.05) is 19.3 Å². The van der Waals surface area contributed by atoms with Crippen LogP contribution in [0.5, 0.6) is 5.88 Å². The van der Waals surface area contributed by atoms with Gasteiger partial charge in [-0.3, -0.25) is 4.79 Å². The van der Waals surface area contributed by atoms with E-state index in [2.05, 4.69) is 4.98 Å². The summed E-state index contributed by atoms with van der Waals surface area (Å²) in [7, 11) is 0. The van der Waals surface area contributed by atoms with Crippen LogP contribution in [0.4, 0.5) is 0 Å². The second-order valence-corrected chi connectivity index (χ2v) is 5.41. The smallest absolute Gasteiger partial charge is 0.255 e. The molecule has 1 aliphatic rings. The van der Waals surface area contributed by atoms with E-state index < -0.39 is 0 Å². The minimum Gasteiger partial charge on any atom is -0.477 e. The molecule has 1 amide bonds. The molecule has 1 fully saturated rings. The summed E-state index contributed by atoms with van der Waals surface area (Å²) in [6.07, 6.45) is 7.38. The molecule has 2 rings (SSSR count). The number of pyridine rings is 1. The first kappa shape index (κ1) is 15.1. The van der Waals surface area contributed by atoms with Crippen LogP contribution in [0.1, 0.15) is 49.4 Å². The Kier molecular flexibility index (Phi) is 5.65. The molecule has 0 bridgehead atoms. The highest BCUT2D eigenvalue weighted by Crippen LogP contribution is 2.23. The molecular formula is C15H21ClN2O2. The number of hydrogen-bond donors (Lipinski definition) is 0. The zero-order chi connectivity index (χ0) is 14.4. The highest BCUT2D eigenvalue weighted by Gasteiger charge is 2.18. The summed E-state index contributed by atoms with van der Waals surface area (Å²) in [6.45, 7) is 4.02. The lowest BCUT2D eigenvalue weighted by atomic mass is 10.1. The third-order valence-electron chi connectivity index (χ3n) is 3.48. The van der Waals surface area contributed by atoms with Crippen molar-refractivity contribution in [2.75, 3.05) is 19.7 Å². The topological polar surface area (TPSA) is 42.4 Å². The molecule has 0 radical (unpaired) electrons. The number of halogens is 1. The standard InChI is InChI=1S/C15H21ClN2O2/c1-2-20-14-13(16)10-12(11-17-14)15(19)18-8-6-4-3-5-7-9-18/h10-11H,2-9H2,1H3. The Morgan fingerprint density at radius 1 is 1.30 bits per heavy atom. The Morgan fingerprint density at radius 2 is 1.95 bits per heavy atom. The van der Waals surface area contributed by atoms with Crippen molar-refractivity contribution >= 4 is 17.5 Å². The van der Waals surface area contributed by atoms with Crippen LogP contribution in [0.2, 0.25) is 5.02 Å². The minimum atomic E-state index is 0.0179. The van der Waals surface area contributed by atoms with Crippen LogP contribution in [0.3, 0.4) is 0 Å². The van der Waals surface area contributed by atoms with Crippen molar-refractivity contribution in [1.82, 2.24) is 9.88 Å². The van der Waals surface area contributed by atoms with E-state index >= 15 is 0 Å². The number of carbonyl (C=O) groups excluding carboxylic acids is 1. The molecule has 0 aliphatic carbocycles. The number of carbonyl (C=O) groups is 1. The van der Waals surface area contributed by atoms with Gasteiger partial charge in [-0.2, -0.15) is 0 Å². The molecule has 20 heavy (non-hydrogen) atoms. The summed E-state index contributed by atoms with van der Waals surface area (Å²) in [5.74, 6) is 0.405. The summed E-state index contributed by atoms with van der Waals surface area (Å²) in [6, 6.07) is 1.65. The molecule has 0 spiro atoms. The van der Waals surface area contributed by atoms with E-state index in [1.807, 2.05) is 11.8 Å². The van der Waals surface area contributed by atoms with E-state index in [0.29, 0.717) is 23.1 Å². The quantitative estimate of drug-likeness (QED) is 0.857. The predicted molar refractivity (Wildman–Crippen MR) is 79.4 cm³/mol. The molecule has 1 aromatic heterocycles. The van der Waals surface area contributed by atoms with Crippen LogP contribution in [0.15, 0.2) is 12.3 Å². The predicted octanol–water partition coefficient (Wildman–Crippen LogP) is 3.54. The highest BCUT2D eigenvalue weighted by atomic mass is 35.5. The Hall–Kier alpha value is -1.29. The fourth-order valence-corrected chi connectivity index (χ4v) is 2.64. The lowest BCUT2D eigenvalue weighted by molar-refractivity contribution is 0.0742. The third kappa shape index (κ3) is 3.85. The fraction of sp³-hybridized carbons (Fsp3) is 0.600. The number of rotatable bonds is 3. The van der Waals surface area contributed by atoms with Gasteiger partial charge in [-0.05, 0) is 25.8 Å². The van der Waals surface area contributed by atoms with Crippen LogP contribution < -0.4 is 4.74 Å². The first-order valence-corrected chi connectivity index (χ1v) is 7.67. The number of nitrogens with zero attached hydrogens (tertiary/aromatic N) is 2. The molecule has 0 aromatic carbocycles. The van der Waals surface area contributed by atoms with Crippen molar-refractivity contribution in [1.29, 1.82) is 0 Å². The van der Waals surface area contributed by atoms with Crippen molar-refractivity contribution in [3.8, 4) is 5.88 Å². The first-order chi connectivity index (χ1) is 9.72. The Bertz CT molecular complexity index is 457. The molecule has 0 unspecified atom stereocenters. The second kappa shape index (κ2) is 7.48. The van der Waals surface area contributed by atoms with E-state index in [4.69, 9.17) is 16.3 Å². The number of amides is 1. The molecule has 4 nitrogen and oxygen atoms in total. The van der Waals surface area contributed by atoms with E-state index in [-0.39, 0.29) is 5.91 Å². The van der Waals surface area contributed by atoms with Gasteiger partial charge in [0.25, 0.3) is 5.91 Å². The number of aromatic nitrogens is 1. The largest absolute Gasteiger partial charge is 0.477 e. The van der Waals surface area contributed by atoms with Crippen LogP contribution in [-0.4, -0.2) is 35.5 Å². The summed E-state index contributed by atoms with van der Waals surface area (Å²) >= 11 is 6.09. The second-order valence-electron chi connectivity index (χ2n) is 5.00. The summed E-state index contributed by atoms with van der Waals surface area (Å²) in [5, 5.41) is 0.393. The van der Waals surface area contributed by atoms with Crippen LogP contribution in [0, 0.1) is 0 Å². The maximum atomic E-state index is 12.5. The minimum absolute atomic E-state index is 0.0179. The maximum absolute atomic E-state index is 12.5. The molecule has 110 valence electrons. The molecule has 0 atom stereocenters. The normalized spacial score (nSPS) is 16.4. The Labute approximate surface area is 125 Å². The zero-order valence-electron chi connectivity index (χ0n) is 11.9. The molecule has 0 N–H and O–H groups in total. The Balaban J connectivity index is 2.09. The van der Waals surface area contributed by atoms with Crippen LogP contribution in [-0.2, 0) is 0 Å². The van der Waals surface area contributed by atoms with Gasteiger partial charge >= 0.3 is 0 Å². The van der Waals surface area contributed by atoms with Gasteiger partial charge in [-0.1, -0.05) is 30.9 Å². The van der Waals surface area contributed by atoms with Crippen molar-refractivity contribution in [3.05, 3.63) is 22.8 Å². The van der Waals surface area contributed by atoms with Gasteiger partial charge in [-0.25, -0.2) is 4.98 Å². The lowest BCUT2D eigenvalue weighted by Crippen LogP contribution is -2.33. The third-order valence-corrected chi connectivity index (χ3v) is 3.75. The van der Waals surface area contributed by atoms with Gasteiger partial charge in [-0.15, -0.1) is 0 Å².